The van der Waals surface area contributed by atoms with Gasteiger partial charge in [-0.3, -0.25) is 4.90 Å². The van der Waals surface area contributed by atoms with Crippen molar-refractivity contribution in [2.75, 3.05) is 25.4 Å². The van der Waals surface area contributed by atoms with Crippen LogP contribution in [0.5, 0.6) is 0 Å². The summed E-state index contributed by atoms with van der Waals surface area (Å²) in [6.07, 6.45) is 0. The van der Waals surface area contributed by atoms with Crippen LogP contribution >= 0.6 is 11.8 Å². The fourth-order valence-corrected chi connectivity index (χ4v) is 3.03. The Hall–Kier alpha value is 0.270. The van der Waals surface area contributed by atoms with Gasteiger partial charge in [0.25, 0.3) is 0 Å². The van der Waals surface area contributed by atoms with Crippen LogP contribution in [0.4, 0.5) is 0 Å². The summed E-state index contributed by atoms with van der Waals surface area (Å²) in [4.78, 5) is 2.58. The molecule has 84 valence electrons. The van der Waals surface area contributed by atoms with E-state index in [0.29, 0.717) is 5.92 Å². The summed E-state index contributed by atoms with van der Waals surface area (Å²) >= 11 is 2.08. The van der Waals surface area contributed by atoms with E-state index < -0.39 is 0 Å². The van der Waals surface area contributed by atoms with E-state index in [4.69, 9.17) is 5.73 Å². The van der Waals surface area contributed by atoms with Crippen molar-refractivity contribution in [1.29, 1.82) is 0 Å². The van der Waals surface area contributed by atoms with Crippen LogP contribution in [0.1, 0.15) is 27.7 Å². The molecule has 0 bridgehead atoms. The molecule has 3 heteroatoms. The van der Waals surface area contributed by atoms with Gasteiger partial charge in [0.2, 0.25) is 0 Å². The second kappa shape index (κ2) is 4.86. The molecule has 2 atom stereocenters. The highest BCUT2D eigenvalue weighted by Crippen LogP contribution is 2.29. The molecule has 0 saturated carbocycles. The lowest BCUT2D eigenvalue weighted by Crippen LogP contribution is -2.58. The van der Waals surface area contributed by atoms with Crippen LogP contribution in [-0.4, -0.2) is 41.1 Å². The summed E-state index contributed by atoms with van der Waals surface area (Å²) in [6, 6.07) is 0. The van der Waals surface area contributed by atoms with Gasteiger partial charge in [-0.05, 0) is 12.8 Å². The Bertz CT molecular complexity index is 184. The zero-order valence-corrected chi connectivity index (χ0v) is 10.7. The molecule has 1 aliphatic heterocycles. The minimum Gasteiger partial charge on any atom is -0.329 e. The number of nitrogens with zero attached hydrogens (tertiary/aromatic N) is 1. The van der Waals surface area contributed by atoms with Gasteiger partial charge in [-0.1, -0.05) is 20.8 Å². The van der Waals surface area contributed by atoms with E-state index in [9.17, 15) is 0 Å². The fraction of sp³-hybridized carbons (Fsp3) is 1.00. The lowest BCUT2D eigenvalue weighted by molar-refractivity contribution is 0.0719. The molecule has 0 aromatic heterocycles. The minimum absolute atomic E-state index is 0.190. The predicted molar refractivity (Wildman–Crippen MR) is 65.8 cm³/mol. The highest BCUT2D eigenvalue weighted by Gasteiger charge is 2.35. The topological polar surface area (TPSA) is 29.3 Å². The van der Waals surface area contributed by atoms with Crippen molar-refractivity contribution < 1.29 is 0 Å². The van der Waals surface area contributed by atoms with Gasteiger partial charge in [-0.25, -0.2) is 0 Å². The van der Waals surface area contributed by atoms with Gasteiger partial charge in [0.1, 0.15) is 0 Å². The quantitative estimate of drug-likeness (QED) is 0.780. The van der Waals surface area contributed by atoms with E-state index >= 15 is 0 Å². The molecule has 2 N–H and O–H groups in total. The second-order valence-electron chi connectivity index (χ2n) is 4.84. The lowest BCUT2D eigenvalue weighted by Gasteiger charge is -2.47. The summed E-state index contributed by atoms with van der Waals surface area (Å²) in [5.41, 5.74) is 6.13. The van der Waals surface area contributed by atoms with E-state index in [2.05, 4.69) is 44.4 Å². The van der Waals surface area contributed by atoms with E-state index in [1.807, 2.05) is 0 Å². The maximum atomic E-state index is 5.94. The monoisotopic (exact) mass is 216 g/mol. The summed E-state index contributed by atoms with van der Waals surface area (Å²) in [6.45, 7) is 12.3. The summed E-state index contributed by atoms with van der Waals surface area (Å²) in [5, 5.41) is 0.758. The van der Waals surface area contributed by atoms with Gasteiger partial charge in [-0.15, -0.1) is 0 Å². The SMILES string of the molecule is CC1CN(C(C)(CN)C(C)C)CCS1. The van der Waals surface area contributed by atoms with Crippen molar-refractivity contribution in [3.63, 3.8) is 0 Å². The largest absolute Gasteiger partial charge is 0.329 e. The smallest absolute Gasteiger partial charge is 0.0327 e. The zero-order chi connectivity index (χ0) is 10.8. The number of rotatable bonds is 3. The van der Waals surface area contributed by atoms with Gasteiger partial charge in [-0.2, -0.15) is 11.8 Å². The molecule has 0 radical (unpaired) electrons. The standard InChI is InChI=1S/C11H24N2S/c1-9(2)11(4,8-12)13-5-6-14-10(3)7-13/h9-10H,5-8,12H2,1-4H3. The van der Waals surface area contributed by atoms with Crippen LogP contribution in [0.15, 0.2) is 0 Å². The first-order valence-corrected chi connectivity index (χ1v) is 6.62. The van der Waals surface area contributed by atoms with Crippen molar-refractivity contribution in [3.8, 4) is 0 Å². The van der Waals surface area contributed by atoms with E-state index in [-0.39, 0.29) is 5.54 Å². The molecular weight excluding hydrogens is 192 g/mol. The highest BCUT2D eigenvalue weighted by molar-refractivity contribution is 7.99. The molecule has 0 aromatic carbocycles. The zero-order valence-electron chi connectivity index (χ0n) is 9.92. The van der Waals surface area contributed by atoms with Crippen LogP contribution in [-0.2, 0) is 0 Å². The van der Waals surface area contributed by atoms with E-state index in [1.54, 1.807) is 0 Å². The predicted octanol–water partition coefficient (Wildman–Crippen LogP) is 1.80. The molecule has 2 unspecified atom stereocenters. The molecule has 2 nitrogen and oxygen atoms in total. The Morgan fingerprint density at radius 3 is 2.64 bits per heavy atom. The van der Waals surface area contributed by atoms with Crippen LogP contribution in [0.3, 0.4) is 0 Å². The van der Waals surface area contributed by atoms with E-state index in [0.717, 1.165) is 11.8 Å². The number of thioether (sulfide) groups is 1. The van der Waals surface area contributed by atoms with Crippen molar-refractivity contribution in [2.45, 2.75) is 38.5 Å². The van der Waals surface area contributed by atoms with Gasteiger partial charge >= 0.3 is 0 Å². The molecule has 0 spiro atoms. The molecular formula is C11H24N2S. The van der Waals surface area contributed by atoms with Gasteiger partial charge in [0.15, 0.2) is 0 Å². The molecule has 0 aliphatic carbocycles. The first kappa shape index (κ1) is 12.3. The average molecular weight is 216 g/mol. The molecule has 0 aromatic rings. The summed E-state index contributed by atoms with van der Waals surface area (Å²) in [5.74, 6) is 1.88. The summed E-state index contributed by atoms with van der Waals surface area (Å²) in [7, 11) is 0. The Morgan fingerprint density at radius 1 is 1.57 bits per heavy atom. The third-order valence-electron chi connectivity index (χ3n) is 3.62. The van der Waals surface area contributed by atoms with Crippen molar-refractivity contribution in [3.05, 3.63) is 0 Å². The third-order valence-corrected chi connectivity index (χ3v) is 4.76. The average Bonchev–Trinajstić information content (AvgIpc) is 2.16. The third kappa shape index (κ3) is 2.44. The molecule has 1 saturated heterocycles. The van der Waals surface area contributed by atoms with Gasteiger partial charge < -0.3 is 5.73 Å². The van der Waals surface area contributed by atoms with E-state index in [1.165, 1.54) is 18.8 Å². The summed E-state index contributed by atoms with van der Waals surface area (Å²) < 4.78 is 0. The van der Waals surface area contributed by atoms with Crippen molar-refractivity contribution >= 4 is 11.8 Å². The minimum atomic E-state index is 0.190. The van der Waals surface area contributed by atoms with Crippen LogP contribution in [0.2, 0.25) is 0 Å². The van der Waals surface area contributed by atoms with Crippen molar-refractivity contribution in [1.82, 2.24) is 4.90 Å². The molecule has 1 rings (SSSR count). The van der Waals surface area contributed by atoms with Gasteiger partial charge in [0.05, 0.1) is 0 Å². The normalized spacial score (nSPS) is 29.1. The number of hydrogen-bond donors (Lipinski definition) is 1. The Balaban J connectivity index is 2.68. The molecule has 1 aliphatic rings. The van der Waals surface area contributed by atoms with Crippen LogP contribution in [0.25, 0.3) is 0 Å². The molecule has 0 amide bonds. The lowest BCUT2D eigenvalue weighted by atomic mass is 9.86. The Kier molecular flexibility index (Phi) is 4.29. The maximum Gasteiger partial charge on any atom is 0.0327 e. The molecule has 14 heavy (non-hydrogen) atoms. The number of nitrogens with two attached hydrogens (primary N) is 1. The molecule has 1 heterocycles. The number of hydrogen-bond acceptors (Lipinski definition) is 3. The van der Waals surface area contributed by atoms with Crippen LogP contribution < -0.4 is 5.73 Å². The maximum absolute atomic E-state index is 5.94. The van der Waals surface area contributed by atoms with Crippen LogP contribution in [0, 0.1) is 5.92 Å². The molecule has 1 fully saturated rings. The first-order chi connectivity index (χ1) is 6.50. The van der Waals surface area contributed by atoms with Crippen molar-refractivity contribution in [2.24, 2.45) is 11.7 Å². The Morgan fingerprint density at radius 2 is 2.21 bits per heavy atom. The fourth-order valence-electron chi connectivity index (χ4n) is 2.01. The second-order valence-corrected chi connectivity index (χ2v) is 6.39. The highest BCUT2D eigenvalue weighted by atomic mass is 32.2. The first-order valence-electron chi connectivity index (χ1n) is 5.57. The Labute approximate surface area is 92.6 Å². The van der Waals surface area contributed by atoms with Gasteiger partial charge in [0, 0.05) is 36.2 Å².